The third-order valence-electron chi connectivity index (χ3n) is 3.52. The molecule has 2 rings (SSSR count). The van der Waals surface area contributed by atoms with Gasteiger partial charge in [0, 0.05) is 25.7 Å². The number of amides is 2. The molecule has 0 saturated carbocycles. The van der Waals surface area contributed by atoms with Crippen LogP contribution in [0.15, 0.2) is 0 Å². The summed E-state index contributed by atoms with van der Waals surface area (Å²) in [7, 11) is -2.95. The third kappa shape index (κ3) is 2.95. The Balaban J connectivity index is 2.01. The van der Waals surface area contributed by atoms with Crippen molar-refractivity contribution in [3.05, 3.63) is 0 Å². The summed E-state index contributed by atoms with van der Waals surface area (Å²) in [5.41, 5.74) is 0. The molecule has 2 aliphatic heterocycles. The highest BCUT2D eigenvalue weighted by molar-refractivity contribution is 7.91. The van der Waals surface area contributed by atoms with Gasteiger partial charge >= 0.3 is 6.03 Å². The smallest absolute Gasteiger partial charge is 0.320 e. The summed E-state index contributed by atoms with van der Waals surface area (Å²) >= 11 is 0. The Morgan fingerprint density at radius 3 is 2.56 bits per heavy atom. The first kappa shape index (κ1) is 13.6. The maximum Gasteiger partial charge on any atom is 0.320 e. The van der Waals surface area contributed by atoms with Gasteiger partial charge in [0.1, 0.15) is 0 Å². The second-order valence-electron chi connectivity index (χ2n) is 4.72. The van der Waals surface area contributed by atoms with Crippen molar-refractivity contribution >= 4 is 15.9 Å². The average molecular weight is 276 g/mol. The zero-order valence-electron chi connectivity index (χ0n) is 10.7. The van der Waals surface area contributed by atoms with E-state index in [4.69, 9.17) is 4.74 Å². The van der Waals surface area contributed by atoms with E-state index in [0.29, 0.717) is 39.3 Å². The Morgan fingerprint density at radius 1 is 1.39 bits per heavy atom. The van der Waals surface area contributed by atoms with E-state index < -0.39 is 9.84 Å². The summed E-state index contributed by atoms with van der Waals surface area (Å²) in [6.07, 6.45) is 0.562. The molecule has 7 heteroatoms. The predicted octanol–water partition coefficient (Wildman–Crippen LogP) is -0.0524. The van der Waals surface area contributed by atoms with Gasteiger partial charge in [0.15, 0.2) is 9.84 Å². The van der Waals surface area contributed by atoms with Crippen LogP contribution in [0.25, 0.3) is 0 Å². The van der Waals surface area contributed by atoms with Crippen molar-refractivity contribution in [3.8, 4) is 0 Å². The lowest BCUT2D eigenvalue weighted by atomic mass is 10.2. The molecule has 0 spiro atoms. The second kappa shape index (κ2) is 5.44. The molecule has 0 aromatic heterocycles. The number of ether oxygens (including phenoxy) is 1. The van der Waals surface area contributed by atoms with Crippen LogP contribution in [0.4, 0.5) is 4.79 Å². The first-order valence-corrected chi connectivity index (χ1v) is 8.19. The zero-order chi connectivity index (χ0) is 13.2. The first-order valence-electron chi connectivity index (χ1n) is 6.37. The highest BCUT2D eigenvalue weighted by atomic mass is 32.2. The third-order valence-corrected chi connectivity index (χ3v) is 5.27. The molecule has 1 atom stereocenters. The Morgan fingerprint density at radius 2 is 2.06 bits per heavy atom. The number of rotatable bonds is 2. The summed E-state index contributed by atoms with van der Waals surface area (Å²) in [6, 6.07) is -0.210. The van der Waals surface area contributed by atoms with Gasteiger partial charge in [-0.3, -0.25) is 0 Å². The molecule has 2 fully saturated rings. The Labute approximate surface area is 108 Å². The van der Waals surface area contributed by atoms with Crippen molar-refractivity contribution in [1.29, 1.82) is 0 Å². The lowest BCUT2D eigenvalue weighted by Gasteiger charge is -2.35. The van der Waals surface area contributed by atoms with Crippen molar-refractivity contribution < 1.29 is 17.9 Å². The molecule has 1 unspecified atom stereocenters. The quantitative estimate of drug-likeness (QED) is 0.709. The molecule has 0 radical (unpaired) electrons. The van der Waals surface area contributed by atoms with Crippen LogP contribution >= 0.6 is 0 Å². The van der Waals surface area contributed by atoms with E-state index in [-0.39, 0.29) is 23.6 Å². The topological polar surface area (TPSA) is 66.9 Å². The highest BCUT2D eigenvalue weighted by Gasteiger charge is 2.35. The number of urea groups is 1. The van der Waals surface area contributed by atoms with Crippen LogP contribution in [0.1, 0.15) is 13.3 Å². The van der Waals surface area contributed by atoms with Gasteiger partial charge in [-0.1, -0.05) is 0 Å². The van der Waals surface area contributed by atoms with Crippen LogP contribution in [0, 0.1) is 0 Å². The molecule has 2 saturated heterocycles. The molecular weight excluding hydrogens is 256 g/mol. The van der Waals surface area contributed by atoms with Crippen LogP contribution in [-0.2, 0) is 14.6 Å². The standard InChI is InChI=1S/C11H20N2O4S/c1-2-13(10-3-8-18(15,16)9-10)11(14)12-4-6-17-7-5-12/h10H,2-9H2,1H3. The summed E-state index contributed by atoms with van der Waals surface area (Å²) in [5, 5.41) is 0. The largest absolute Gasteiger partial charge is 0.378 e. The van der Waals surface area contributed by atoms with E-state index in [0.717, 1.165) is 0 Å². The van der Waals surface area contributed by atoms with E-state index in [2.05, 4.69) is 0 Å². The fourth-order valence-corrected chi connectivity index (χ4v) is 4.24. The van der Waals surface area contributed by atoms with Gasteiger partial charge in [0.05, 0.1) is 24.7 Å². The van der Waals surface area contributed by atoms with Gasteiger partial charge in [0.25, 0.3) is 0 Å². The van der Waals surface area contributed by atoms with Crippen molar-refractivity contribution in [2.45, 2.75) is 19.4 Å². The van der Waals surface area contributed by atoms with Crippen molar-refractivity contribution in [1.82, 2.24) is 9.80 Å². The summed E-state index contributed by atoms with van der Waals surface area (Å²) in [4.78, 5) is 15.8. The normalized spacial score (nSPS) is 27.2. The van der Waals surface area contributed by atoms with Crippen molar-refractivity contribution in [2.24, 2.45) is 0 Å². The molecule has 18 heavy (non-hydrogen) atoms. The molecular formula is C11H20N2O4S. The van der Waals surface area contributed by atoms with E-state index in [1.807, 2.05) is 6.92 Å². The number of hydrogen-bond donors (Lipinski definition) is 0. The molecule has 0 aliphatic carbocycles. The summed E-state index contributed by atoms with van der Waals surface area (Å²) in [6.45, 7) is 4.75. The SMILES string of the molecule is CCN(C(=O)N1CCOCC1)C1CCS(=O)(=O)C1. The number of sulfone groups is 1. The van der Waals surface area contributed by atoms with Crippen LogP contribution in [0.2, 0.25) is 0 Å². The van der Waals surface area contributed by atoms with E-state index in [1.165, 1.54) is 0 Å². The Kier molecular flexibility index (Phi) is 4.11. The van der Waals surface area contributed by atoms with Crippen molar-refractivity contribution in [3.63, 3.8) is 0 Å². The number of carbonyl (C=O) groups is 1. The number of morpholine rings is 1. The maximum atomic E-state index is 12.3. The molecule has 0 N–H and O–H groups in total. The lowest BCUT2D eigenvalue weighted by Crippen LogP contribution is -2.51. The Bertz CT molecular complexity index is 403. The molecule has 2 heterocycles. The average Bonchev–Trinajstić information content (AvgIpc) is 2.71. The van der Waals surface area contributed by atoms with E-state index in [1.54, 1.807) is 9.80 Å². The minimum Gasteiger partial charge on any atom is -0.378 e. The Hall–Kier alpha value is -0.820. The molecule has 2 aliphatic rings. The lowest BCUT2D eigenvalue weighted by molar-refractivity contribution is 0.0407. The molecule has 0 aromatic carbocycles. The monoisotopic (exact) mass is 276 g/mol. The van der Waals surface area contributed by atoms with Crippen LogP contribution in [0.5, 0.6) is 0 Å². The van der Waals surface area contributed by atoms with Crippen LogP contribution < -0.4 is 0 Å². The number of hydrogen-bond acceptors (Lipinski definition) is 4. The van der Waals surface area contributed by atoms with Gasteiger partial charge in [-0.25, -0.2) is 13.2 Å². The van der Waals surface area contributed by atoms with Crippen LogP contribution in [0.3, 0.4) is 0 Å². The molecule has 104 valence electrons. The fourth-order valence-electron chi connectivity index (χ4n) is 2.51. The van der Waals surface area contributed by atoms with Gasteiger partial charge in [-0.15, -0.1) is 0 Å². The number of nitrogens with zero attached hydrogens (tertiary/aromatic N) is 2. The van der Waals surface area contributed by atoms with Gasteiger partial charge in [-0.2, -0.15) is 0 Å². The van der Waals surface area contributed by atoms with Gasteiger partial charge in [-0.05, 0) is 13.3 Å². The minimum absolute atomic E-state index is 0.0529. The molecule has 0 bridgehead atoms. The maximum absolute atomic E-state index is 12.3. The molecule has 2 amide bonds. The number of carbonyl (C=O) groups excluding carboxylic acids is 1. The fraction of sp³-hybridized carbons (Fsp3) is 0.909. The molecule has 6 nitrogen and oxygen atoms in total. The van der Waals surface area contributed by atoms with Gasteiger partial charge in [0.2, 0.25) is 0 Å². The molecule has 0 aromatic rings. The van der Waals surface area contributed by atoms with E-state index >= 15 is 0 Å². The zero-order valence-corrected chi connectivity index (χ0v) is 11.5. The highest BCUT2D eigenvalue weighted by Crippen LogP contribution is 2.19. The first-order chi connectivity index (χ1) is 8.53. The summed E-state index contributed by atoms with van der Waals surface area (Å²) in [5.74, 6) is 0.307. The minimum atomic E-state index is -2.95. The van der Waals surface area contributed by atoms with E-state index in [9.17, 15) is 13.2 Å². The second-order valence-corrected chi connectivity index (χ2v) is 6.95. The predicted molar refractivity (Wildman–Crippen MR) is 67.2 cm³/mol. The van der Waals surface area contributed by atoms with Crippen LogP contribution in [-0.4, -0.2) is 74.6 Å². The van der Waals surface area contributed by atoms with Crippen molar-refractivity contribution in [2.75, 3.05) is 44.4 Å². The summed E-state index contributed by atoms with van der Waals surface area (Å²) < 4.78 is 28.2. The van der Waals surface area contributed by atoms with Gasteiger partial charge < -0.3 is 14.5 Å².